The number of aliphatic hydroxyl groups is 1. The molecule has 0 aromatic carbocycles. The van der Waals surface area contributed by atoms with Crippen LogP contribution in [0.5, 0.6) is 0 Å². The summed E-state index contributed by atoms with van der Waals surface area (Å²) in [6.07, 6.45) is -0.152. The molecule has 0 aromatic rings. The summed E-state index contributed by atoms with van der Waals surface area (Å²) in [4.78, 5) is 63.0. The minimum Gasteiger partial charge on any atom is -0.480 e. The monoisotopic (exact) mass is 471 g/mol. The molecule has 1 fully saturated rings. The van der Waals surface area contributed by atoms with Crippen molar-refractivity contribution in [3.63, 3.8) is 0 Å². The lowest BCUT2D eigenvalue weighted by molar-refractivity contribution is -0.144. The number of nitrogens with zero attached hydrogens (tertiary/aromatic N) is 1. The quantitative estimate of drug-likeness (QED) is 0.203. The predicted molar refractivity (Wildman–Crippen MR) is 119 cm³/mol. The lowest BCUT2D eigenvalue weighted by Gasteiger charge is -2.32. The zero-order chi connectivity index (χ0) is 25.5. The second-order valence-electron chi connectivity index (χ2n) is 9.03. The third-order valence-electron chi connectivity index (χ3n) is 5.55. The molecule has 4 amide bonds. The maximum atomic E-state index is 13.3. The summed E-state index contributed by atoms with van der Waals surface area (Å²) >= 11 is 0. The van der Waals surface area contributed by atoms with E-state index in [1.807, 2.05) is 0 Å². The fraction of sp³-hybridized carbons (Fsp3) is 0.762. The third-order valence-corrected chi connectivity index (χ3v) is 5.55. The molecule has 12 nitrogen and oxygen atoms in total. The highest BCUT2D eigenvalue weighted by atomic mass is 16.4. The maximum Gasteiger partial charge on any atom is 0.322 e. The van der Waals surface area contributed by atoms with Gasteiger partial charge in [0.05, 0.1) is 6.10 Å². The van der Waals surface area contributed by atoms with Gasteiger partial charge in [-0.1, -0.05) is 27.7 Å². The van der Waals surface area contributed by atoms with Gasteiger partial charge in [0.1, 0.15) is 30.7 Å². The summed E-state index contributed by atoms with van der Waals surface area (Å²) in [6, 6.07) is -3.99. The van der Waals surface area contributed by atoms with Crippen molar-refractivity contribution >= 4 is 29.6 Å². The Morgan fingerprint density at radius 1 is 0.970 bits per heavy atom. The molecule has 33 heavy (non-hydrogen) atoms. The van der Waals surface area contributed by atoms with Gasteiger partial charge in [0.2, 0.25) is 23.6 Å². The van der Waals surface area contributed by atoms with Crippen molar-refractivity contribution in [1.29, 1.82) is 0 Å². The molecule has 0 aliphatic carbocycles. The van der Waals surface area contributed by atoms with Crippen molar-refractivity contribution in [2.75, 3.05) is 13.1 Å². The van der Waals surface area contributed by atoms with Crippen molar-refractivity contribution in [3.05, 3.63) is 0 Å². The highest BCUT2D eigenvalue weighted by molar-refractivity contribution is 5.95. The molecule has 1 saturated heterocycles. The average molecular weight is 472 g/mol. The zero-order valence-corrected chi connectivity index (χ0v) is 19.8. The number of amides is 4. The van der Waals surface area contributed by atoms with Gasteiger partial charge in [0.15, 0.2) is 0 Å². The number of hydrogen-bond acceptors (Lipinski definition) is 7. The van der Waals surface area contributed by atoms with Crippen molar-refractivity contribution in [3.8, 4) is 0 Å². The molecule has 1 rings (SSSR count). The number of carbonyl (C=O) groups excluding carboxylic acids is 4. The number of hydrogen-bond donors (Lipinski definition) is 6. The number of rotatable bonds is 11. The minimum absolute atomic E-state index is 0.302. The molecule has 0 radical (unpaired) electrons. The first-order valence-corrected chi connectivity index (χ1v) is 11.1. The van der Waals surface area contributed by atoms with Gasteiger partial charge in [-0.3, -0.25) is 24.0 Å². The molecule has 1 aliphatic heterocycles. The van der Waals surface area contributed by atoms with E-state index < -0.39 is 66.4 Å². The van der Waals surface area contributed by atoms with Gasteiger partial charge in [-0.2, -0.15) is 0 Å². The Hall–Kier alpha value is -2.73. The highest BCUT2D eigenvalue weighted by Gasteiger charge is 2.39. The normalized spacial score (nSPS) is 19.5. The van der Waals surface area contributed by atoms with Gasteiger partial charge in [-0.25, -0.2) is 0 Å². The van der Waals surface area contributed by atoms with Crippen LogP contribution in [0.3, 0.4) is 0 Å². The number of carbonyl (C=O) groups is 5. The van der Waals surface area contributed by atoms with Crippen LogP contribution in [-0.2, 0) is 24.0 Å². The number of carboxylic acids is 1. The van der Waals surface area contributed by atoms with Gasteiger partial charge in [-0.05, 0) is 31.6 Å². The van der Waals surface area contributed by atoms with Gasteiger partial charge in [-0.15, -0.1) is 0 Å². The van der Waals surface area contributed by atoms with Crippen molar-refractivity contribution in [1.82, 2.24) is 20.9 Å². The first-order valence-electron chi connectivity index (χ1n) is 11.1. The number of aliphatic hydroxyl groups excluding tert-OH is 1. The molecule has 0 unspecified atom stereocenters. The van der Waals surface area contributed by atoms with Crippen LogP contribution in [-0.4, -0.2) is 88.1 Å². The van der Waals surface area contributed by atoms with Crippen LogP contribution in [0.2, 0.25) is 0 Å². The molecule has 1 aliphatic rings. The highest BCUT2D eigenvalue weighted by Crippen LogP contribution is 2.20. The molecule has 0 saturated carbocycles. The standard InChI is InChI=1S/C21H37N5O7/c1-10(2)16(24-19(31)15(22)12(5)27)20(32)25-17(11(3)4)21(33)26-8-6-7-13(26)18(30)23-9-14(28)29/h10-13,15-17,27H,6-9,22H2,1-5H3,(H,23,30)(H,24,31)(H,25,32)(H,28,29)/t12-,13+,15+,16+,17+/m1/s1. The molecule has 12 heteroatoms. The smallest absolute Gasteiger partial charge is 0.322 e. The van der Waals surface area contributed by atoms with E-state index in [1.165, 1.54) is 11.8 Å². The topological polar surface area (TPSA) is 191 Å². The van der Waals surface area contributed by atoms with Crippen LogP contribution < -0.4 is 21.7 Å². The van der Waals surface area contributed by atoms with E-state index in [1.54, 1.807) is 27.7 Å². The predicted octanol–water partition coefficient (Wildman–Crippen LogP) is -1.83. The van der Waals surface area contributed by atoms with Crippen molar-refractivity contribution in [2.24, 2.45) is 17.6 Å². The number of carboxylic acid groups (broad SMARTS) is 1. The number of aliphatic carboxylic acids is 1. The average Bonchev–Trinajstić information content (AvgIpc) is 3.22. The summed E-state index contributed by atoms with van der Waals surface area (Å²) in [7, 11) is 0. The van der Waals surface area contributed by atoms with E-state index in [0.717, 1.165) is 0 Å². The van der Waals surface area contributed by atoms with Crippen LogP contribution in [0.15, 0.2) is 0 Å². The molecule has 5 atom stereocenters. The second-order valence-corrected chi connectivity index (χ2v) is 9.03. The Labute approximate surface area is 193 Å². The fourth-order valence-electron chi connectivity index (χ4n) is 3.52. The lowest BCUT2D eigenvalue weighted by Crippen LogP contribution is -2.60. The van der Waals surface area contributed by atoms with Crippen LogP contribution in [0.25, 0.3) is 0 Å². The van der Waals surface area contributed by atoms with Gasteiger partial charge >= 0.3 is 5.97 Å². The van der Waals surface area contributed by atoms with Crippen LogP contribution >= 0.6 is 0 Å². The van der Waals surface area contributed by atoms with Crippen LogP contribution in [0.4, 0.5) is 0 Å². The van der Waals surface area contributed by atoms with Gasteiger partial charge in [0.25, 0.3) is 0 Å². The van der Waals surface area contributed by atoms with E-state index in [9.17, 15) is 29.1 Å². The summed E-state index contributed by atoms with van der Waals surface area (Å²) in [6.45, 7) is 8.03. The van der Waals surface area contributed by atoms with Crippen LogP contribution in [0.1, 0.15) is 47.5 Å². The Morgan fingerprint density at radius 3 is 2.00 bits per heavy atom. The minimum atomic E-state index is -1.21. The lowest BCUT2D eigenvalue weighted by atomic mass is 9.98. The maximum absolute atomic E-state index is 13.3. The molecular weight excluding hydrogens is 434 g/mol. The van der Waals surface area contributed by atoms with E-state index in [4.69, 9.17) is 10.8 Å². The number of nitrogens with two attached hydrogens (primary N) is 1. The van der Waals surface area contributed by atoms with E-state index >= 15 is 0 Å². The summed E-state index contributed by atoms with van der Waals surface area (Å²) in [5.41, 5.74) is 5.65. The van der Waals surface area contributed by atoms with E-state index in [-0.39, 0.29) is 11.8 Å². The first-order chi connectivity index (χ1) is 15.3. The molecule has 7 N–H and O–H groups in total. The second kappa shape index (κ2) is 12.5. The third kappa shape index (κ3) is 7.97. The number of nitrogens with one attached hydrogen (secondary N) is 3. The molecule has 0 spiro atoms. The molecule has 0 aromatic heterocycles. The summed E-state index contributed by atoms with van der Waals surface area (Å²) < 4.78 is 0. The van der Waals surface area contributed by atoms with Crippen LogP contribution in [0, 0.1) is 11.8 Å². The molecular formula is C21H37N5O7. The molecule has 188 valence electrons. The summed E-state index contributed by atoms with van der Waals surface area (Å²) in [5, 5.41) is 25.8. The Morgan fingerprint density at radius 2 is 1.52 bits per heavy atom. The molecule has 1 heterocycles. The van der Waals surface area contributed by atoms with Crippen molar-refractivity contribution < 1.29 is 34.2 Å². The van der Waals surface area contributed by atoms with Gasteiger partial charge in [0, 0.05) is 6.54 Å². The Bertz CT molecular complexity index is 741. The van der Waals surface area contributed by atoms with Crippen molar-refractivity contribution in [2.45, 2.75) is 77.7 Å². The van der Waals surface area contributed by atoms with E-state index in [0.29, 0.717) is 19.4 Å². The largest absolute Gasteiger partial charge is 0.480 e. The van der Waals surface area contributed by atoms with E-state index in [2.05, 4.69) is 16.0 Å². The SMILES string of the molecule is CC(C)[C@H](NC(=O)[C@@H](N)[C@@H](C)O)C(=O)N[C@H](C(=O)N1CCC[C@H]1C(=O)NCC(=O)O)C(C)C. The zero-order valence-electron chi connectivity index (χ0n) is 19.8. The Kier molecular flexibility index (Phi) is 10.7. The van der Waals surface area contributed by atoms with Gasteiger partial charge < -0.3 is 36.8 Å². The summed E-state index contributed by atoms with van der Waals surface area (Å²) in [5.74, 6) is -4.15. The fourth-order valence-corrected chi connectivity index (χ4v) is 3.52. The Balaban J connectivity index is 2.96. The molecule has 0 bridgehead atoms. The first kappa shape index (κ1) is 28.3. The number of likely N-dealkylation sites (tertiary alicyclic amines) is 1.